The van der Waals surface area contributed by atoms with Crippen molar-refractivity contribution in [1.29, 1.82) is 0 Å². The summed E-state index contributed by atoms with van der Waals surface area (Å²) in [5.74, 6) is -2.82. The summed E-state index contributed by atoms with van der Waals surface area (Å²) < 4.78 is 20.6. The zero-order valence-electron chi connectivity index (χ0n) is 29.9. The van der Waals surface area contributed by atoms with Gasteiger partial charge >= 0.3 is 29.8 Å². The van der Waals surface area contributed by atoms with Gasteiger partial charge in [-0.15, -0.1) is 0 Å². The highest BCUT2D eigenvalue weighted by molar-refractivity contribution is 7.99. The monoisotopic (exact) mass is 694 g/mol. The van der Waals surface area contributed by atoms with Crippen molar-refractivity contribution in [1.82, 2.24) is 0 Å². The second kappa shape index (κ2) is 22.1. The highest BCUT2D eigenvalue weighted by Gasteiger charge is 2.30. The number of carboxylic acid groups (broad SMARTS) is 1. The quantitative estimate of drug-likeness (QED) is 0.0712. The minimum absolute atomic E-state index is 0.101. The topological polar surface area (TPSA) is 160 Å². The summed E-state index contributed by atoms with van der Waals surface area (Å²) in [6.07, 6.45) is 2.97. The molecule has 0 aromatic heterocycles. The molecule has 0 aliphatic rings. The number of carbonyl (C=O) groups excluding carboxylic acids is 5. The lowest BCUT2D eigenvalue weighted by molar-refractivity contribution is -0.158. The molecule has 0 heterocycles. The fraction of sp³-hybridized carbons (Fsp3) is 0.611. The van der Waals surface area contributed by atoms with Crippen LogP contribution in [0.3, 0.4) is 0 Å². The molecule has 270 valence electrons. The zero-order chi connectivity index (χ0) is 37.0. The molecule has 1 unspecified atom stereocenters. The lowest BCUT2D eigenvalue weighted by Gasteiger charge is -2.23. The molecule has 12 heteroatoms. The number of hydrogen-bond acceptors (Lipinski definition) is 11. The van der Waals surface area contributed by atoms with E-state index >= 15 is 0 Å². The Balaban J connectivity index is 0.00000122. The van der Waals surface area contributed by atoms with Crippen molar-refractivity contribution in [3.8, 4) is 0 Å². The third kappa shape index (κ3) is 18.6. The number of allylic oxidation sites excluding steroid dienone is 1. The van der Waals surface area contributed by atoms with Gasteiger partial charge in [-0.2, -0.15) is 11.8 Å². The fourth-order valence-corrected chi connectivity index (χ4v) is 4.46. The summed E-state index contributed by atoms with van der Waals surface area (Å²) in [5.41, 5.74) is -0.718. The molecule has 1 aromatic rings. The number of ether oxygens (including phenoxy) is 4. The molecule has 1 aromatic carbocycles. The van der Waals surface area contributed by atoms with Gasteiger partial charge in [0.25, 0.3) is 0 Å². The van der Waals surface area contributed by atoms with Crippen molar-refractivity contribution in [3.05, 3.63) is 48.0 Å². The van der Waals surface area contributed by atoms with Crippen LogP contribution in [0.4, 0.5) is 0 Å². The molecule has 48 heavy (non-hydrogen) atoms. The first-order chi connectivity index (χ1) is 22.3. The van der Waals surface area contributed by atoms with Gasteiger partial charge in [0.05, 0.1) is 43.0 Å². The number of thioether (sulfide) groups is 1. The van der Waals surface area contributed by atoms with Crippen LogP contribution in [0.5, 0.6) is 0 Å². The molecule has 0 spiro atoms. The lowest BCUT2D eigenvalue weighted by atomic mass is 9.90. The van der Waals surface area contributed by atoms with E-state index in [1.807, 2.05) is 58.0 Å². The summed E-state index contributed by atoms with van der Waals surface area (Å²) >= 11 is 1.42. The van der Waals surface area contributed by atoms with Crippen LogP contribution in [0, 0.1) is 22.2 Å². The summed E-state index contributed by atoms with van der Waals surface area (Å²) in [5, 5.41) is 8.66. The molecule has 1 rings (SSSR count). The molecule has 0 saturated carbocycles. The van der Waals surface area contributed by atoms with Gasteiger partial charge in [0.15, 0.2) is 5.78 Å². The Hall–Kier alpha value is -3.67. The van der Waals surface area contributed by atoms with Crippen LogP contribution in [0.1, 0.15) is 86.6 Å². The van der Waals surface area contributed by atoms with E-state index in [-0.39, 0.29) is 43.4 Å². The summed E-state index contributed by atoms with van der Waals surface area (Å²) in [6, 6.07) is 9.72. The maximum Gasteiger partial charge on any atom is 0.328 e. The van der Waals surface area contributed by atoms with Crippen LogP contribution < -0.4 is 0 Å². The van der Waals surface area contributed by atoms with Gasteiger partial charge in [-0.3, -0.25) is 24.0 Å². The second-order valence-corrected chi connectivity index (χ2v) is 14.3. The SMILES string of the molecule is CCC(C)(C)C(=O)OCC(COC(=O)CCSCC(C)(C)C(=O)OC)CC(=O)/C=C\C(=O)O.CCC(C)(C)C(=O)OCc1ccccc1. The van der Waals surface area contributed by atoms with E-state index in [0.29, 0.717) is 24.5 Å². The predicted molar refractivity (Wildman–Crippen MR) is 184 cm³/mol. The average molecular weight is 695 g/mol. The van der Waals surface area contributed by atoms with Crippen molar-refractivity contribution in [3.63, 3.8) is 0 Å². The number of ketones is 1. The predicted octanol–water partition coefficient (Wildman–Crippen LogP) is 6.21. The van der Waals surface area contributed by atoms with Gasteiger partial charge in [-0.05, 0) is 66.0 Å². The highest BCUT2D eigenvalue weighted by atomic mass is 32.2. The Morgan fingerprint density at radius 1 is 0.771 bits per heavy atom. The van der Waals surface area contributed by atoms with Crippen LogP contribution >= 0.6 is 11.8 Å². The van der Waals surface area contributed by atoms with Gasteiger partial charge in [-0.25, -0.2) is 4.79 Å². The standard InChI is InChI=1S/C23H36O9S.C13H18O2/c1-7-22(2,3)21(29)32-14-16(12-17(24)8-9-18(25)26)13-31-19(27)10-11-33-15-23(4,5)20(28)30-6;1-4-13(2,3)12(14)15-10-11-8-6-5-7-9-11/h8-9,16H,7,10-15H2,1-6H3,(H,25,26);5-9H,4,10H2,1-3H3/b9-8-;. The minimum atomic E-state index is -1.25. The van der Waals surface area contributed by atoms with E-state index in [4.69, 9.17) is 24.1 Å². The van der Waals surface area contributed by atoms with Gasteiger partial charge < -0.3 is 24.1 Å². The van der Waals surface area contributed by atoms with Crippen molar-refractivity contribution >= 4 is 47.4 Å². The van der Waals surface area contributed by atoms with Crippen LogP contribution in [0.15, 0.2) is 42.5 Å². The third-order valence-corrected chi connectivity index (χ3v) is 8.99. The van der Waals surface area contributed by atoms with Crippen molar-refractivity contribution in [2.24, 2.45) is 22.2 Å². The summed E-state index contributed by atoms with van der Waals surface area (Å²) in [6.45, 7) is 14.7. The Bertz CT molecular complexity index is 1220. The molecule has 0 saturated heterocycles. The number of benzene rings is 1. The maximum absolute atomic E-state index is 12.2. The normalized spacial score (nSPS) is 12.3. The Kier molecular flexibility index (Phi) is 20.4. The van der Waals surface area contributed by atoms with Gasteiger partial charge in [-0.1, -0.05) is 44.2 Å². The first-order valence-electron chi connectivity index (χ1n) is 15.9. The van der Waals surface area contributed by atoms with E-state index in [2.05, 4.69) is 0 Å². The highest BCUT2D eigenvalue weighted by Crippen LogP contribution is 2.25. The average Bonchev–Trinajstić information content (AvgIpc) is 3.05. The first-order valence-corrected chi connectivity index (χ1v) is 17.1. The van der Waals surface area contributed by atoms with E-state index < -0.39 is 40.4 Å². The first kappa shape index (κ1) is 44.3. The summed E-state index contributed by atoms with van der Waals surface area (Å²) in [7, 11) is 1.32. The maximum atomic E-state index is 12.2. The van der Waals surface area contributed by atoms with Gasteiger partial charge in [0.1, 0.15) is 6.61 Å². The number of hydrogen-bond donors (Lipinski definition) is 1. The van der Waals surface area contributed by atoms with Gasteiger partial charge in [0, 0.05) is 29.9 Å². The molecule has 0 bridgehead atoms. The van der Waals surface area contributed by atoms with Crippen molar-refractivity contribution < 1.29 is 52.8 Å². The molecule has 0 fully saturated rings. The van der Waals surface area contributed by atoms with E-state index in [1.54, 1.807) is 27.7 Å². The number of carbonyl (C=O) groups is 6. The van der Waals surface area contributed by atoms with Gasteiger partial charge in [0.2, 0.25) is 0 Å². The molecule has 1 N–H and O–H groups in total. The molecule has 0 aliphatic heterocycles. The molecular weight excluding hydrogens is 640 g/mol. The fourth-order valence-electron chi connectivity index (χ4n) is 3.38. The van der Waals surface area contributed by atoms with Crippen LogP contribution in [0.2, 0.25) is 0 Å². The third-order valence-electron chi connectivity index (χ3n) is 7.57. The van der Waals surface area contributed by atoms with Crippen LogP contribution in [0.25, 0.3) is 0 Å². The van der Waals surface area contributed by atoms with E-state index in [1.165, 1.54) is 18.9 Å². The van der Waals surface area contributed by atoms with Crippen molar-refractivity contribution in [2.75, 3.05) is 31.8 Å². The number of esters is 4. The smallest absolute Gasteiger partial charge is 0.328 e. The molecule has 1 atom stereocenters. The van der Waals surface area contributed by atoms with E-state index in [0.717, 1.165) is 24.1 Å². The molecule has 0 amide bonds. The summed E-state index contributed by atoms with van der Waals surface area (Å²) in [4.78, 5) is 70.2. The zero-order valence-corrected chi connectivity index (χ0v) is 30.7. The number of carboxylic acids is 1. The largest absolute Gasteiger partial charge is 0.478 e. The Labute approximate surface area is 289 Å². The molecule has 0 aliphatic carbocycles. The Morgan fingerprint density at radius 3 is 1.83 bits per heavy atom. The minimum Gasteiger partial charge on any atom is -0.478 e. The number of rotatable bonds is 20. The Morgan fingerprint density at radius 2 is 1.31 bits per heavy atom. The number of aliphatic carboxylic acids is 1. The molecule has 0 radical (unpaired) electrons. The van der Waals surface area contributed by atoms with E-state index in [9.17, 15) is 28.8 Å². The van der Waals surface area contributed by atoms with Crippen LogP contribution in [-0.4, -0.2) is 72.6 Å². The second-order valence-electron chi connectivity index (χ2n) is 13.2. The van der Waals surface area contributed by atoms with Crippen molar-refractivity contribution in [2.45, 2.75) is 87.7 Å². The molecule has 11 nitrogen and oxygen atoms in total. The molecular formula is C36H54O11S. The van der Waals surface area contributed by atoms with Crippen LogP contribution in [-0.2, 0) is 54.3 Å². The lowest BCUT2D eigenvalue weighted by Crippen LogP contribution is -2.30. The number of methoxy groups -OCH3 is 1.